The molecule has 2 amide bonds. The summed E-state index contributed by atoms with van der Waals surface area (Å²) < 4.78 is 47.4. The quantitative estimate of drug-likeness (QED) is 0.114. The van der Waals surface area contributed by atoms with Crippen molar-refractivity contribution in [3.05, 3.63) is 87.9 Å². The van der Waals surface area contributed by atoms with Crippen LogP contribution in [0.4, 0.5) is 24.7 Å². The molecule has 2 aliphatic rings. The van der Waals surface area contributed by atoms with Gasteiger partial charge in [0.05, 0.1) is 21.4 Å². The molecule has 0 radical (unpaired) electrons. The smallest absolute Gasteiger partial charge is 0.387 e. The monoisotopic (exact) mass is 755 g/mol. The lowest BCUT2D eigenvalue weighted by molar-refractivity contribution is -0.130. The first-order valence-electron chi connectivity index (χ1n) is 17.0. The molecule has 2 fully saturated rings. The van der Waals surface area contributed by atoms with E-state index in [1.54, 1.807) is 49.4 Å². The Bertz CT molecular complexity index is 1930. The van der Waals surface area contributed by atoms with Gasteiger partial charge in [-0.2, -0.15) is 8.78 Å². The minimum Gasteiger partial charge on any atom is -0.434 e. The van der Waals surface area contributed by atoms with Gasteiger partial charge in [0.25, 0.3) is 0 Å². The van der Waals surface area contributed by atoms with Crippen LogP contribution in [0.2, 0.25) is 10.0 Å². The van der Waals surface area contributed by atoms with Crippen molar-refractivity contribution in [3.63, 3.8) is 0 Å². The molecule has 0 bridgehead atoms. The van der Waals surface area contributed by atoms with E-state index in [9.17, 15) is 18.4 Å². The first-order valence-corrected chi connectivity index (χ1v) is 17.7. The average Bonchev–Trinajstić information content (AvgIpc) is 3.54. The van der Waals surface area contributed by atoms with Crippen LogP contribution < -0.4 is 26.0 Å². The van der Waals surface area contributed by atoms with Crippen molar-refractivity contribution >= 4 is 46.5 Å². The zero-order chi connectivity index (χ0) is 36.8. The maximum Gasteiger partial charge on any atom is 0.387 e. The molecule has 274 valence electrons. The van der Waals surface area contributed by atoms with Crippen molar-refractivity contribution in [3.8, 4) is 28.1 Å². The molecule has 1 atom stereocenters. The Morgan fingerprint density at radius 3 is 2.50 bits per heavy atom. The Kier molecular flexibility index (Phi) is 12.2. The lowest BCUT2D eigenvalue weighted by Gasteiger charge is -2.31. The molecule has 2 aromatic carbocycles. The van der Waals surface area contributed by atoms with Gasteiger partial charge in [-0.25, -0.2) is 9.37 Å². The second-order valence-corrected chi connectivity index (χ2v) is 13.5. The molecule has 6 rings (SSSR count). The van der Waals surface area contributed by atoms with Gasteiger partial charge in [-0.05, 0) is 43.5 Å². The maximum atomic E-state index is 15.7. The highest BCUT2D eigenvalue weighted by molar-refractivity contribution is 6.39. The standard InChI is InChI=1S/C37H38Cl2F3N7O3/c1-21(50)49-15-11-25(12-16-49)46-19-24-9-13-45-36(34(24)40)48-29-4-2-3-27(32(29)38)28-10-14-44-35(33(28)39)22-5-6-23(30(17-22)52-37(41)42)18-43-20-26-7-8-31(51)47-26/h2-6,9-10,13-14,17,25-26,37,43,46H,7-8,11-12,15-16,18-20H2,1H3,(H,45,48)(H,47,51)/t26-/m0/s1. The topological polar surface area (TPSA) is 121 Å². The number of carbonyl (C=O) groups excluding carboxylic acids is 2. The Balaban J connectivity index is 1.18. The van der Waals surface area contributed by atoms with Gasteiger partial charge in [0.15, 0.2) is 11.6 Å². The summed E-state index contributed by atoms with van der Waals surface area (Å²) in [6.45, 7) is 0.853. The fourth-order valence-corrected chi connectivity index (χ4v) is 7.04. The van der Waals surface area contributed by atoms with Crippen molar-refractivity contribution in [2.45, 2.75) is 64.4 Å². The van der Waals surface area contributed by atoms with Crippen molar-refractivity contribution < 1.29 is 27.5 Å². The summed E-state index contributed by atoms with van der Waals surface area (Å²) in [6, 6.07) is 13.5. The number of pyridine rings is 2. The van der Waals surface area contributed by atoms with Crippen LogP contribution in [0.3, 0.4) is 0 Å². The number of hydrogen-bond donors (Lipinski definition) is 4. The van der Waals surface area contributed by atoms with E-state index in [2.05, 4.69) is 31.2 Å². The molecule has 2 aliphatic heterocycles. The predicted octanol–water partition coefficient (Wildman–Crippen LogP) is 7.07. The number of benzene rings is 2. The van der Waals surface area contributed by atoms with E-state index in [4.69, 9.17) is 27.9 Å². The summed E-state index contributed by atoms with van der Waals surface area (Å²) in [5, 5.41) is 12.9. The van der Waals surface area contributed by atoms with E-state index in [-0.39, 0.29) is 52.1 Å². The van der Waals surface area contributed by atoms with E-state index in [0.717, 1.165) is 12.8 Å². The number of nitrogens with one attached hydrogen (secondary N) is 4. The third-order valence-corrected chi connectivity index (χ3v) is 10.1. The normalized spacial score (nSPS) is 16.3. The Labute approximate surface area is 309 Å². The van der Waals surface area contributed by atoms with Gasteiger partial charge in [-0.15, -0.1) is 0 Å². The van der Waals surface area contributed by atoms with E-state index < -0.39 is 12.4 Å². The summed E-state index contributed by atoms with van der Waals surface area (Å²) in [6.07, 6.45) is 5.80. The van der Waals surface area contributed by atoms with Crippen LogP contribution in [0.15, 0.2) is 60.9 Å². The number of aromatic nitrogens is 2. The minimum absolute atomic E-state index is 0.000367. The summed E-state index contributed by atoms with van der Waals surface area (Å²) in [7, 11) is 0. The van der Waals surface area contributed by atoms with Gasteiger partial charge >= 0.3 is 6.61 Å². The van der Waals surface area contributed by atoms with Crippen LogP contribution in [-0.2, 0) is 22.7 Å². The molecule has 2 aromatic heterocycles. The Morgan fingerprint density at radius 1 is 1.00 bits per heavy atom. The number of alkyl halides is 2. The molecular weight excluding hydrogens is 718 g/mol. The highest BCUT2D eigenvalue weighted by atomic mass is 35.5. The molecule has 15 heteroatoms. The number of hydrogen-bond acceptors (Lipinski definition) is 8. The van der Waals surface area contributed by atoms with Crippen LogP contribution >= 0.6 is 23.2 Å². The van der Waals surface area contributed by atoms with Gasteiger partial charge in [-0.3, -0.25) is 14.6 Å². The highest BCUT2D eigenvalue weighted by Crippen LogP contribution is 2.42. The molecule has 4 heterocycles. The van der Waals surface area contributed by atoms with E-state index >= 15 is 4.39 Å². The van der Waals surface area contributed by atoms with Crippen LogP contribution in [0.25, 0.3) is 22.4 Å². The van der Waals surface area contributed by atoms with E-state index in [0.29, 0.717) is 78.2 Å². The number of ether oxygens (including phenoxy) is 1. The largest absolute Gasteiger partial charge is 0.434 e. The Hall–Kier alpha value is -4.43. The molecule has 0 saturated carbocycles. The second-order valence-electron chi connectivity index (χ2n) is 12.7. The first kappa shape index (κ1) is 37.3. The predicted molar refractivity (Wildman–Crippen MR) is 194 cm³/mol. The van der Waals surface area contributed by atoms with Crippen molar-refractivity contribution in [2.24, 2.45) is 0 Å². The molecule has 0 spiro atoms. The first-order chi connectivity index (χ1) is 25.1. The third-order valence-electron chi connectivity index (χ3n) is 9.27. The Morgan fingerprint density at radius 2 is 1.77 bits per heavy atom. The lowest BCUT2D eigenvalue weighted by atomic mass is 10.0. The number of nitrogens with zero attached hydrogens (tertiary/aromatic N) is 3. The van der Waals surface area contributed by atoms with Crippen LogP contribution in [0.1, 0.15) is 43.7 Å². The van der Waals surface area contributed by atoms with Crippen molar-refractivity contribution in [2.75, 3.05) is 25.0 Å². The number of carbonyl (C=O) groups is 2. The number of anilines is 2. The van der Waals surface area contributed by atoms with Gasteiger partial charge < -0.3 is 30.9 Å². The third kappa shape index (κ3) is 8.95. The zero-order valence-corrected chi connectivity index (χ0v) is 29.8. The molecular formula is C37H38Cl2F3N7O3. The van der Waals surface area contributed by atoms with Gasteiger partial charge in [0, 0.05) is 98.4 Å². The van der Waals surface area contributed by atoms with Gasteiger partial charge in [-0.1, -0.05) is 47.5 Å². The number of rotatable bonds is 13. The fraction of sp³-hybridized carbons (Fsp3) is 0.351. The van der Waals surface area contributed by atoms with Crippen molar-refractivity contribution in [1.29, 1.82) is 0 Å². The van der Waals surface area contributed by atoms with Crippen LogP contribution in [0, 0.1) is 5.82 Å². The van der Waals surface area contributed by atoms with Gasteiger partial charge in [0.2, 0.25) is 11.8 Å². The number of halogens is 5. The second kappa shape index (κ2) is 16.9. The van der Waals surface area contributed by atoms with Gasteiger partial charge in [0.1, 0.15) is 5.75 Å². The minimum atomic E-state index is -3.06. The molecule has 0 unspecified atom stereocenters. The summed E-state index contributed by atoms with van der Waals surface area (Å²) in [4.78, 5) is 33.6. The molecule has 52 heavy (non-hydrogen) atoms. The molecule has 2 saturated heterocycles. The summed E-state index contributed by atoms with van der Waals surface area (Å²) >= 11 is 13.8. The molecule has 0 aliphatic carbocycles. The zero-order valence-electron chi connectivity index (χ0n) is 28.3. The maximum absolute atomic E-state index is 15.7. The van der Waals surface area contributed by atoms with Crippen LogP contribution in [0.5, 0.6) is 5.75 Å². The van der Waals surface area contributed by atoms with Crippen molar-refractivity contribution in [1.82, 2.24) is 30.8 Å². The van der Waals surface area contributed by atoms with Crippen LogP contribution in [-0.4, -0.2) is 65.0 Å². The SMILES string of the molecule is CC(=O)N1CCC(NCc2ccnc(Nc3cccc(-c4ccnc(-c5ccc(CNC[C@@H]6CCC(=O)N6)c(OC(F)F)c5)c4Cl)c3Cl)c2F)CC1. The highest BCUT2D eigenvalue weighted by Gasteiger charge is 2.23. The van der Waals surface area contributed by atoms with E-state index in [1.807, 2.05) is 4.90 Å². The molecule has 4 aromatic rings. The molecule has 4 N–H and O–H groups in total. The number of amides is 2. The number of piperidine rings is 1. The molecule has 10 nitrogen and oxygen atoms in total. The average molecular weight is 757 g/mol. The van der Waals surface area contributed by atoms with E-state index in [1.165, 1.54) is 18.5 Å². The fourth-order valence-electron chi connectivity index (χ4n) is 6.44. The summed E-state index contributed by atoms with van der Waals surface area (Å²) in [5.74, 6) is -0.501. The summed E-state index contributed by atoms with van der Waals surface area (Å²) in [5.41, 5.74) is 3.13. The number of likely N-dealkylation sites (tertiary alicyclic amines) is 1. The lowest BCUT2D eigenvalue weighted by Crippen LogP contribution is -2.44.